The number of carbonyl (C=O) groups excluding carboxylic acids is 2. The molecule has 8 nitrogen and oxygen atoms in total. The first-order chi connectivity index (χ1) is 26.2. The van der Waals surface area contributed by atoms with Gasteiger partial charge in [0.1, 0.15) is 5.84 Å². The summed E-state index contributed by atoms with van der Waals surface area (Å²) in [5.41, 5.74) is 11.7. The van der Waals surface area contributed by atoms with Crippen LogP contribution in [0.1, 0.15) is 163 Å². The second kappa shape index (κ2) is 20.3. The molecule has 2 aromatic carbocycles. The lowest BCUT2D eigenvalue weighted by Crippen LogP contribution is -2.55. The molecule has 2 fully saturated rings. The van der Waals surface area contributed by atoms with Crippen molar-refractivity contribution in [3.05, 3.63) is 116 Å². The van der Waals surface area contributed by atoms with Crippen LogP contribution in [0, 0.1) is 23.7 Å². The number of amides is 2. The molecule has 0 spiro atoms. The van der Waals surface area contributed by atoms with Gasteiger partial charge in [-0.2, -0.15) is 0 Å². The summed E-state index contributed by atoms with van der Waals surface area (Å²) in [5, 5.41) is 5.86. The predicted octanol–water partition coefficient (Wildman–Crippen LogP) is 11.8. The van der Waals surface area contributed by atoms with Gasteiger partial charge in [0.15, 0.2) is 0 Å². The number of nitrogens with one attached hydrogen (secondary N) is 2. The van der Waals surface area contributed by atoms with E-state index in [0.717, 1.165) is 49.7 Å². The van der Waals surface area contributed by atoms with Crippen molar-refractivity contribution in [3.8, 4) is 0 Å². The molecular weight excluding hydrogens is 673 g/mol. The Balaban J connectivity index is 0.00000319. The SMILES string of the molecule is C/C=C(/C=C\CC)C(=C/CC)\C(=C(\c1ccc(C(=O)NC2(C3=NC(c4ccc(C(=O)N=O)cc4)ON3)CCCC2)cc1C)C1CCCCC1)C(C)C.CC. The van der Waals surface area contributed by atoms with Gasteiger partial charge in [-0.25, -0.2) is 15.3 Å². The van der Waals surface area contributed by atoms with Crippen LogP contribution < -0.4 is 10.8 Å². The van der Waals surface area contributed by atoms with Gasteiger partial charge in [-0.15, -0.1) is 4.91 Å². The van der Waals surface area contributed by atoms with Crippen molar-refractivity contribution >= 4 is 23.2 Å². The average molecular weight is 735 g/mol. The summed E-state index contributed by atoms with van der Waals surface area (Å²) in [6.07, 6.45) is 20.0. The van der Waals surface area contributed by atoms with Gasteiger partial charge in [0.05, 0.1) is 5.54 Å². The molecule has 1 aliphatic heterocycles. The van der Waals surface area contributed by atoms with Crippen LogP contribution in [0.3, 0.4) is 0 Å². The van der Waals surface area contributed by atoms with Gasteiger partial charge in [-0.3, -0.25) is 9.59 Å². The van der Waals surface area contributed by atoms with Crippen LogP contribution >= 0.6 is 0 Å². The third-order valence-corrected chi connectivity index (χ3v) is 10.8. The molecule has 2 saturated carbocycles. The van der Waals surface area contributed by atoms with Crippen LogP contribution in [0.15, 0.2) is 93.7 Å². The summed E-state index contributed by atoms with van der Waals surface area (Å²) in [6, 6.07) is 12.7. The fraction of sp³-hybridized carbons (Fsp3) is 0.500. The Labute approximate surface area is 323 Å². The highest BCUT2D eigenvalue weighted by molar-refractivity contribution is 6.01. The molecule has 2 aromatic rings. The Morgan fingerprint density at radius 2 is 1.65 bits per heavy atom. The second-order valence-electron chi connectivity index (χ2n) is 14.7. The number of carbonyl (C=O) groups is 2. The molecule has 1 atom stereocenters. The van der Waals surface area contributed by atoms with Gasteiger partial charge >= 0.3 is 5.91 Å². The van der Waals surface area contributed by atoms with Crippen molar-refractivity contribution in [2.75, 3.05) is 0 Å². The van der Waals surface area contributed by atoms with E-state index in [2.05, 4.69) is 94.0 Å². The fourth-order valence-corrected chi connectivity index (χ4v) is 8.20. The molecule has 0 bridgehead atoms. The standard InChI is InChI=1S/C44H56N4O4.C2H6/c1-7-10-17-31(9-3)37(16-8-2)38(29(4)5)39(32-18-12-11-13-19-32)36-25-24-35(28-30(36)6)40(49)46-44(26-14-15-27-44)43-45-42(52-48-43)34-22-20-33(21-23-34)41(50)47-51;1-2/h9-10,16-17,20-25,28-29,32,42H,7-8,11-15,18-19,26-27H2,1-6H3,(H,45,48)(H,46,49);1-2H3/b17-10-,31-9-,37-16+,39-38+;. The number of nitroso groups, excluding NO2 is 1. The quantitative estimate of drug-likeness (QED) is 0.157. The van der Waals surface area contributed by atoms with Crippen LogP contribution in [0.5, 0.6) is 0 Å². The molecule has 2 aliphatic carbocycles. The summed E-state index contributed by atoms with van der Waals surface area (Å²) in [5.74, 6) is 0.442. The Kier molecular flexibility index (Phi) is 15.9. The minimum absolute atomic E-state index is 0.131. The van der Waals surface area contributed by atoms with Gasteiger partial charge in [0.25, 0.3) is 5.91 Å². The lowest BCUT2D eigenvalue weighted by Gasteiger charge is -2.32. The van der Waals surface area contributed by atoms with Gasteiger partial charge < -0.3 is 5.32 Å². The summed E-state index contributed by atoms with van der Waals surface area (Å²) < 4.78 is 0. The van der Waals surface area contributed by atoms with E-state index < -0.39 is 17.7 Å². The molecule has 1 heterocycles. The van der Waals surface area contributed by atoms with Crippen LogP contribution in [-0.4, -0.2) is 23.2 Å². The molecule has 1 unspecified atom stereocenters. The van der Waals surface area contributed by atoms with E-state index in [1.807, 2.05) is 19.9 Å². The van der Waals surface area contributed by atoms with Crippen molar-refractivity contribution in [2.45, 2.75) is 138 Å². The third-order valence-electron chi connectivity index (χ3n) is 10.8. The first-order valence-corrected chi connectivity index (χ1v) is 20.3. The number of aryl methyl sites for hydroxylation is 1. The van der Waals surface area contributed by atoms with E-state index in [-0.39, 0.29) is 11.5 Å². The number of benzene rings is 2. The average Bonchev–Trinajstić information content (AvgIpc) is 3.89. The Bertz CT molecular complexity index is 1770. The van der Waals surface area contributed by atoms with E-state index in [9.17, 15) is 14.5 Å². The van der Waals surface area contributed by atoms with Crippen molar-refractivity contribution in [1.29, 1.82) is 0 Å². The number of hydrogen-bond donors (Lipinski definition) is 2. The minimum Gasteiger partial charge on any atom is -0.339 e. The molecule has 0 saturated heterocycles. The third kappa shape index (κ3) is 9.81. The smallest absolute Gasteiger partial charge is 0.316 e. The number of hydrogen-bond acceptors (Lipinski definition) is 6. The van der Waals surface area contributed by atoms with Crippen molar-refractivity contribution in [3.63, 3.8) is 0 Å². The predicted molar refractivity (Wildman–Crippen MR) is 222 cm³/mol. The maximum Gasteiger partial charge on any atom is 0.316 e. The van der Waals surface area contributed by atoms with Crippen LogP contribution in [0.4, 0.5) is 0 Å². The Morgan fingerprint density at radius 1 is 0.981 bits per heavy atom. The highest BCUT2D eigenvalue weighted by atomic mass is 16.7. The molecule has 3 aliphatic rings. The number of nitrogens with zero attached hydrogens (tertiary/aromatic N) is 2. The first kappa shape index (κ1) is 42.3. The lowest BCUT2D eigenvalue weighted by molar-refractivity contribution is 0.0355. The Hall–Kier alpha value is -4.43. The van der Waals surface area contributed by atoms with Gasteiger partial charge in [-0.1, -0.05) is 116 Å². The number of aliphatic imine (C=N–C) groups is 1. The van der Waals surface area contributed by atoms with Crippen LogP contribution in [-0.2, 0) is 4.84 Å². The van der Waals surface area contributed by atoms with Gasteiger partial charge in [-0.05, 0) is 122 Å². The molecule has 0 radical (unpaired) electrons. The summed E-state index contributed by atoms with van der Waals surface area (Å²) in [7, 11) is 0. The summed E-state index contributed by atoms with van der Waals surface area (Å²) in [6.45, 7) is 17.3. The second-order valence-corrected chi connectivity index (χ2v) is 14.7. The molecule has 290 valence electrons. The van der Waals surface area contributed by atoms with Crippen molar-refractivity contribution in [1.82, 2.24) is 10.8 Å². The van der Waals surface area contributed by atoms with Gasteiger partial charge in [0.2, 0.25) is 6.23 Å². The van der Waals surface area contributed by atoms with Crippen molar-refractivity contribution in [2.24, 2.45) is 22.0 Å². The molecule has 0 aromatic heterocycles. The van der Waals surface area contributed by atoms with E-state index in [4.69, 9.17) is 9.83 Å². The maximum atomic E-state index is 14.1. The largest absolute Gasteiger partial charge is 0.339 e. The lowest BCUT2D eigenvalue weighted by atomic mass is 9.73. The van der Waals surface area contributed by atoms with Crippen LogP contribution in [0.25, 0.3) is 5.57 Å². The molecule has 2 N–H and O–H groups in total. The normalized spacial score (nSPS) is 19.5. The van der Waals surface area contributed by atoms with Crippen LogP contribution in [0.2, 0.25) is 0 Å². The zero-order valence-corrected chi connectivity index (χ0v) is 33.9. The number of amidine groups is 1. The number of allylic oxidation sites excluding steroid dienone is 8. The van der Waals surface area contributed by atoms with Crippen molar-refractivity contribution < 1.29 is 14.4 Å². The number of rotatable bonds is 13. The van der Waals surface area contributed by atoms with E-state index in [1.54, 1.807) is 12.1 Å². The highest BCUT2D eigenvalue weighted by Crippen LogP contribution is 2.44. The fourth-order valence-electron chi connectivity index (χ4n) is 8.20. The highest BCUT2D eigenvalue weighted by Gasteiger charge is 2.44. The van der Waals surface area contributed by atoms with E-state index in [1.165, 1.54) is 72.1 Å². The molecule has 8 heteroatoms. The minimum atomic E-state index is -0.820. The topological polar surface area (TPSA) is 109 Å². The summed E-state index contributed by atoms with van der Waals surface area (Å²) in [4.78, 5) is 47.1. The van der Waals surface area contributed by atoms with Gasteiger partial charge in [0, 0.05) is 21.9 Å². The van der Waals surface area contributed by atoms with E-state index >= 15 is 0 Å². The Morgan fingerprint density at radius 3 is 2.22 bits per heavy atom. The monoisotopic (exact) mass is 734 g/mol. The zero-order valence-electron chi connectivity index (χ0n) is 33.9. The first-order valence-electron chi connectivity index (χ1n) is 20.3. The molecule has 2 amide bonds. The number of hydroxylamine groups is 1. The zero-order chi connectivity index (χ0) is 39.3. The van der Waals surface area contributed by atoms with E-state index in [0.29, 0.717) is 23.2 Å². The summed E-state index contributed by atoms with van der Waals surface area (Å²) >= 11 is 0. The molecule has 5 rings (SSSR count). The molecule has 54 heavy (non-hydrogen) atoms. The molecular formula is C46H62N4O4. The maximum absolute atomic E-state index is 14.1.